The van der Waals surface area contributed by atoms with Crippen molar-refractivity contribution in [3.05, 3.63) is 71.2 Å². The highest BCUT2D eigenvalue weighted by Crippen LogP contribution is 2.27. The van der Waals surface area contributed by atoms with Crippen molar-refractivity contribution in [3.8, 4) is 23.1 Å². The van der Waals surface area contributed by atoms with Gasteiger partial charge in [-0.3, -0.25) is 0 Å². The van der Waals surface area contributed by atoms with Gasteiger partial charge >= 0.3 is 0 Å². The Morgan fingerprint density at radius 3 is 2.72 bits per heavy atom. The minimum atomic E-state index is 0.485. The molecule has 1 heterocycles. The summed E-state index contributed by atoms with van der Waals surface area (Å²) < 4.78 is 5.58. The van der Waals surface area contributed by atoms with Gasteiger partial charge in [-0.15, -0.1) is 11.3 Å². The molecule has 0 spiro atoms. The lowest BCUT2D eigenvalue weighted by atomic mass is 10.2. The van der Waals surface area contributed by atoms with Gasteiger partial charge in [0.25, 0.3) is 0 Å². The number of para-hydroxylation sites is 2. The minimum absolute atomic E-state index is 0.485. The van der Waals surface area contributed by atoms with Crippen molar-refractivity contribution in [1.29, 1.82) is 5.26 Å². The molecule has 1 N–H and O–H groups in total. The molecule has 0 bridgehead atoms. The van der Waals surface area contributed by atoms with E-state index in [2.05, 4.69) is 16.4 Å². The number of benzene rings is 2. The van der Waals surface area contributed by atoms with Crippen molar-refractivity contribution in [1.82, 2.24) is 4.98 Å². The molecule has 0 aliphatic heterocycles. The highest BCUT2D eigenvalue weighted by molar-refractivity contribution is 7.11. The van der Waals surface area contributed by atoms with Gasteiger partial charge in [0.15, 0.2) is 0 Å². The normalized spacial score (nSPS) is 11.0. The third-order valence-corrected chi connectivity index (χ3v) is 4.36. The molecule has 1 aromatic heterocycles. The highest BCUT2D eigenvalue weighted by Gasteiger charge is 2.09. The number of allylic oxidation sites excluding steroid dienone is 1. The number of hydrogen-bond acceptors (Lipinski definition) is 5. The molecule has 0 atom stereocenters. The maximum Gasteiger partial charge on any atom is 0.142 e. The van der Waals surface area contributed by atoms with Crippen LogP contribution in [0.15, 0.2) is 66.2 Å². The maximum atomic E-state index is 9.49. The highest BCUT2D eigenvalue weighted by atomic mass is 32.1. The first-order valence-electron chi connectivity index (χ1n) is 7.91. The minimum Gasteiger partial charge on any atom is -0.492 e. The number of hydrogen-bond donors (Lipinski definition) is 1. The van der Waals surface area contributed by atoms with E-state index in [-0.39, 0.29) is 0 Å². The molecule has 0 fully saturated rings. The van der Waals surface area contributed by atoms with Gasteiger partial charge < -0.3 is 10.1 Å². The molecule has 0 radical (unpaired) electrons. The number of rotatable bonds is 6. The van der Waals surface area contributed by atoms with E-state index in [1.165, 1.54) is 11.3 Å². The Morgan fingerprint density at radius 1 is 1.20 bits per heavy atom. The number of thiazole rings is 1. The van der Waals surface area contributed by atoms with E-state index in [4.69, 9.17) is 4.74 Å². The van der Waals surface area contributed by atoms with Crippen LogP contribution in [-0.4, -0.2) is 11.6 Å². The summed E-state index contributed by atoms with van der Waals surface area (Å²) in [5.74, 6) is 0.752. The van der Waals surface area contributed by atoms with Gasteiger partial charge in [-0.2, -0.15) is 5.26 Å². The van der Waals surface area contributed by atoms with Crippen LogP contribution in [0.3, 0.4) is 0 Å². The summed E-state index contributed by atoms with van der Waals surface area (Å²) >= 11 is 1.45. The predicted molar refractivity (Wildman–Crippen MR) is 102 cm³/mol. The van der Waals surface area contributed by atoms with Gasteiger partial charge in [-0.25, -0.2) is 4.98 Å². The third kappa shape index (κ3) is 4.06. The van der Waals surface area contributed by atoms with Crippen molar-refractivity contribution in [2.24, 2.45) is 0 Å². The first-order chi connectivity index (χ1) is 12.3. The molecule has 2 aromatic carbocycles. The fraction of sp³-hybridized carbons (Fsp3) is 0.100. The molecule has 124 valence electrons. The number of aromatic nitrogens is 1. The first-order valence-corrected chi connectivity index (χ1v) is 8.79. The monoisotopic (exact) mass is 347 g/mol. The van der Waals surface area contributed by atoms with Crippen LogP contribution in [0.4, 0.5) is 5.69 Å². The summed E-state index contributed by atoms with van der Waals surface area (Å²) in [7, 11) is 0. The van der Waals surface area contributed by atoms with E-state index in [0.29, 0.717) is 17.2 Å². The quantitative estimate of drug-likeness (QED) is 0.624. The molecule has 0 saturated heterocycles. The molecule has 3 aromatic rings. The lowest BCUT2D eigenvalue weighted by molar-refractivity contribution is 0.342. The van der Waals surface area contributed by atoms with E-state index in [1.54, 1.807) is 6.20 Å². The van der Waals surface area contributed by atoms with Crippen LogP contribution in [-0.2, 0) is 0 Å². The van der Waals surface area contributed by atoms with Crippen molar-refractivity contribution in [2.75, 3.05) is 11.9 Å². The number of nitriles is 1. The maximum absolute atomic E-state index is 9.49. The van der Waals surface area contributed by atoms with Crippen LogP contribution in [0.25, 0.3) is 16.8 Å². The molecule has 4 nitrogen and oxygen atoms in total. The average Bonchev–Trinajstić information content (AvgIpc) is 3.14. The summed E-state index contributed by atoms with van der Waals surface area (Å²) in [5, 5.41) is 15.3. The lowest BCUT2D eigenvalue weighted by Crippen LogP contribution is -1.97. The second-order valence-electron chi connectivity index (χ2n) is 5.15. The van der Waals surface area contributed by atoms with Gasteiger partial charge in [-0.05, 0) is 19.1 Å². The summed E-state index contributed by atoms with van der Waals surface area (Å²) in [5.41, 5.74) is 3.21. The molecular weight excluding hydrogens is 330 g/mol. The zero-order chi connectivity index (χ0) is 17.5. The SMILES string of the molecule is CCOc1ccccc1NC=C(C#N)c1nc(-c2ccccc2)cs1. The molecule has 0 unspecified atom stereocenters. The number of ether oxygens (including phenoxy) is 1. The Balaban J connectivity index is 1.83. The number of anilines is 1. The Kier molecular flexibility index (Phi) is 5.45. The van der Waals surface area contributed by atoms with E-state index < -0.39 is 0 Å². The van der Waals surface area contributed by atoms with Gasteiger partial charge in [0.2, 0.25) is 0 Å². The fourth-order valence-corrected chi connectivity index (χ4v) is 3.09. The Bertz CT molecular complexity index is 910. The second kappa shape index (κ2) is 8.13. The van der Waals surface area contributed by atoms with Crippen LogP contribution in [0.5, 0.6) is 5.75 Å². The van der Waals surface area contributed by atoms with Crippen molar-refractivity contribution >= 4 is 22.6 Å². The van der Waals surface area contributed by atoms with Crippen molar-refractivity contribution in [2.45, 2.75) is 6.92 Å². The van der Waals surface area contributed by atoms with Gasteiger partial charge in [0.05, 0.1) is 18.0 Å². The van der Waals surface area contributed by atoms with Crippen LogP contribution in [0, 0.1) is 11.3 Å². The van der Waals surface area contributed by atoms with Crippen LogP contribution < -0.4 is 10.1 Å². The van der Waals surface area contributed by atoms with Gasteiger partial charge in [0, 0.05) is 17.1 Å². The smallest absolute Gasteiger partial charge is 0.142 e. The summed E-state index contributed by atoms with van der Waals surface area (Å²) in [6, 6.07) is 19.8. The number of nitrogens with one attached hydrogen (secondary N) is 1. The van der Waals surface area contributed by atoms with Crippen molar-refractivity contribution < 1.29 is 4.74 Å². The zero-order valence-corrected chi connectivity index (χ0v) is 14.6. The molecule has 0 aliphatic rings. The topological polar surface area (TPSA) is 57.9 Å². The second-order valence-corrected chi connectivity index (χ2v) is 6.01. The van der Waals surface area contributed by atoms with Gasteiger partial charge in [-0.1, -0.05) is 42.5 Å². The summed E-state index contributed by atoms with van der Waals surface area (Å²) in [4.78, 5) is 4.58. The molecule has 5 heteroatoms. The van der Waals surface area contributed by atoms with Crippen molar-refractivity contribution in [3.63, 3.8) is 0 Å². The largest absolute Gasteiger partial charge is 0.492 e. The van der Waals surface area contributed by atoms with E-state index >= 15 is 0 Å². The molecule has 3 rings (SSSR count). The first kappa shape index (κ1) is 16.7. The van der Waals surface area contributed by atoms with Gasteiger partial charge in [0.1, 0.15) is 22.4 Å². The molecule has 0 saturated carbocycles. The standard InChI is InChI=1S/C20H17N3OS/c1-2-24-19-11-7-6-10-17(19)22-13-16(12-21)20-23-18(14-25-20)15-8-4-3-5-9-15/h3-11,13-14,22H,2H2,1H3. The average molecular weight is 347 g/mol. The summed E-state index contributed by atoms with van der Waals surface area (Å²) in [6.07, 6.45) is 1.67. The van der Waals surface area contributed by atoms with E-state index in [0.717, 1.165) is 22.7 Å². The molecule has 0 amide bonds. The Morgan fingerprint density at radius 2 is 1.96 bits per heavy atom. The molecule has 0 aliphatic carbocycles. The zero-order valence-electron chi connectivity index (χ0n) is 13.8. The summed E-state index contributed by atoms with van der Waals surface area (Å²) in [6.45, 7) is 2.52. The molecular formula is C20H17N3OS. The molecule has 25 heavy (non-hydrogen) atoms. The fourth-order valence-electron chi connectivity index (χ4n) is 2.30. The Labute approximate surface area is 151 Å². The van der Waals surface area contributed by atoms with E-state index in [1.807, 2.05) is 66.9 Å². The third-order valence-electron chi connectivity index (χ3n) is 3.48. The van der Waals surface area contributed by atoms with Crippen LogP contribution in [0.1, 0.15) is 11.9 Å². The predicted octanol–water partition coefficient (Wildman–Crippen LogP) is 5.19. The lowest BCUT2D eigenvalue weighted by Gasteiger charge is -2.09. The van der Waals surface area contributed by atoms with Crippen LogP contribution in [0.2, 0.25) is 0 Å². The van der Waals surface area contributed by atoms with Crippen LogP contribution >= 0.6 is 11.3 Å². The van der Waals surface area contributed by atoms with E-state index in [9.17, 15) is 5.26 Å². The number of nitrogens with zero attached hydrogens (tertiary/aromatic N) is 2. The Hall–Kier alpha value is -3.10.